The van der Waals surface area contributed by atoms with Gasteiger partial charge in [0.25, 0.3) is 0 Å². The fourth-order valence-corrected chi connectivity index (χ4v) is 2.14. The Morgan fingerprint density at radius 1 is 1.33 bits per heavy atom. The van der Waals surface area contributed by atoms with Crippen molar-refractivity contribution < 1.29 is 4.79 Å². The molecule has 0 radical (unpaired) electrons. The molecule has 0 unspecified atom stereocenters. The van der Waals surface area contributed by atoms with Gasteiger partial charge in [-0.15, -0.1) is 0 Å². The van der Waals surface area contributed by atoms with Gasteiger partial charge in [0.05, 0.1) is 12.6 Å². The molecule has 2 rings (SSSR count). The van der Waals surface area contributed by atoms with E-state index in [1.54, 1.807) is 11.7 Å². The Bertz CT molecular complexity index is 566. The SMILES string of the molecule is CCC[C@@H](NC(=O)NCc1ncnn1C)c1ccccc1. The molecule has 6 nitrogen and oxygen atoms in total. The number of amides is 2. The van der Waals surface area contributed by atoms with Crippen LogP contribution in [-0.4, -0.2) is 20.8 Å². The minimum absolute atomic E-state index is 0.0238. The highest BCUT2D eigenvalue weighted by Gasteiger charge is 2.13. The zero-order valence-electron chi connectivity index (χ0n) is 12.4. The van der Waals surface area contributed by atoms with Gasteiger partial charge in [0, 0.05) is 7.05 Å². The number of aromatic nitrogens is 3. The number of rotatable bonds is 6. The van der Waals surface area contributed by atoms with Gasteiger partial charge in [0.1, 0.15) is 12.2 Å². The summed E-state index contributed by atoms with van der Waals surface area (Å²) in [4.78, 5) is 16.1. The molecule has 1 atom stereocenters. The molecule has 0 aliphatic rings. The minimum atomic E-state index is -0.194. The number of hydrogen-bond acceptors (Lipinski definition) is 3. The van der Waals surface area contributed by atoms with Crippen LogP contribution in [-0.2, 0) is 13.6 Å². The van der Waals surface area contributed by atoms with Crippen molar-refractivity contribution >= 4 is 6.03 Å². The third-order valence-corrected chi connectivity index (χ3v) is 3.30. The van der Waals surface area contributed by atoms with E-state index in [2.05, 4.69) is 27.6 Å². The van der Waals surface area contributed by atoms with Crippen molar-refractivity contribution in [2.24, 2.45) is 7.05 Å². The van der Waals surface area contributed by atoms with Crippen molar-refractivity contribution in [2.45, 2.75) is 32.4 Å². The first-order valence-corrected chi connectivity index (χ1v) is 7.13. The van der Waals surface area contributed by atoms with Crippen LogP contribution in [0.4, 0.5) is 4.79 Å². The third-order valence-electron chi connectivity index (χ3n) is 3.30. The van der Waals surface area contributed by atoms with Gasteiger partial charge in [-0.3, -0.25) is 4.68 Å². The van der Waals surface area contributed by atoms with Crippen LogP contribution in [0.5, 0.6) is 0 Å². The van der Waals surface area contributed by atoms with Gasteiger partial charge in [-0.2, -0.15) is 5.10 Å². The Balaban J connectivity index is 1.91. The Morgan fingerprint density at radius 3 is 2.71 bits per heavy atom. The molecule has 0 bridgehead atoms. The molecule has 0 saturated carbocycles. The van der Waals surface area contributed by atoms with E-state index >= 15 is 0 Å². The van der Waals surface area contributed by atoms with Crippen molar-refractivity contribution in [3.63, 3.8) is 0 Å². The maximum atomic E-state index is 12.0. The van der Waals surface area contributed by atoms with Crippen LogP contribution in [0.15, 0.2) is 36.7 Å². The van der Waals surface area contributed by atoms with Crippen LogP contribution in [0.25, 0.3) is 0 Å². The lowest BCUT2D eigenvalue weighted by molar-refractivity contribution is 0.235. The number of carbonyl (C=O) groups is 1. The highest BCUT2D eigenvalue weighted by molar-refractivity contribution is 5.74. The maximum absolute atomic E-state index is 12.0. The molecule has 0 saturated heterocycles. The molecule has 0 aliphatic carbocycles. The van der Waals surface area contributed by atoms with Gasteiger partial charge in [-0.1, -0.05) is 43.7 Å². The molecule has 112 valence electrons. The van der Waals surface area contributed by atoms with E-state index in [1.807, 2.05) is 30.3 Å². The Hall–Kier alpha value is -2.37. The van der Waals surface area contributed by atoms with E-state index in [-0.39, 0.29) is 12.1 Å². The molecule has 2 amide bonds. The van der Waals surface area contributed by atoms with Crippen LogP contribution in [0.1, 0.15) is 37.2 Å². The van der Waals surface area contributed by atoms with E-state index in [1.165, 1.54) is 6.33 Å². The van der Waals surface area contributed by atoms with Crippen LogP contribution in [0, 0.1) is 0 Å². The van der Waals surface area contributed by atoms with Crippen LogP contribution < -0.4 is 10.6 Å². The summed E-state index contributed by atoms with van der Waals surface area (Å²) in [6, 6.07) is 9.83. The Kier molecular flexibility index (Phi) is 5.31. The molecule has 21 heavy (non-hydrogen) atoms. The summed E-state index contributed by atoms with van der Waals surface area (Å²) >= 11 is 0. The molecule has 0 fully saturated rings. The molecule has 2 N–H and O–H groups in total. The lowest BCUT2D eigenvalue weighted by Crippen LogP contribution is -2.38. The molecule has 2 aromatic rings. The second kappa shape index (κ2) is 7.42. The minimum Gasteiger partial charge on any atom is -0.331 e. The fraction of sp³-hybridized carbons (Fsp3) is 0.400. The smallest absolute Gasteiger partial charge is 0.315 e. The first-order chi connectivity index (χ1) is 10.2. The quantitative estimate of drug-likeness (QED) is 0.855. The van der Waals surface area contributed by atoms with Crippen molar-refractivity contribution in [1.82, 2.24) is 25.4 Å². The van der Waals surface area contributed by atoms with Gasteiger partial charge in [0.15, 0.2) is 0 Å². The topological polar surface area (TPSA) is 71.8 Å². The van der Waals surface area contributed by atoms with Crippen molar-refractivity contribution in [3.05, 3.63) is 48.0 Å². The zero-order valence-corrected chi connectivity index (χ0v) is 12.4. The highest BCUT2D eigenvalue weighted by atomic mass is 16.2. The summed E-state index contributed by atoms with van der Waals surface area (Å²) < 4.78 is 1.64. The summed E-state index contributed by atoms with van der Waals surface area (Å²) in [5, 5.41) is 9.79. The van der Waals surface area contributed by atoms with Crippen LogP contribution in [0.2, 0.25) is 0 Å². The molecule has 0 spiro atoms. The van der Waals surface area contributed by atoms with Crippen LogP contribution in [0.3, 0.4) is 0 Å². The predicted molar refractivity (Wildman–Crippen MR) is 80.5 cm³/mol. The molecular weight excluding hydrogens is 266 g/mol. The van der Waals surface area contributed by atoms with Gasteiger partial charge in [-0.05, 0) is 12.0 Å². The van der Waals surface area contributed by atoms with E-state index in [4.69, 9.17) is 0 Å². The number of benzene rings is 1. The van der Waals surface area contributed by atoms with E-state index in [0.29, 0.717) is 6.54 Å². The number of aryl methyl sites for hydroxylation is 1. The van der Waals surface area contributed by atoms with Crippen molar-refractivity contribution in [2.75, 3.05) is 0 Å². The molecule has 6 heteroatoms. The average Bonchev–Trinajstić information content (AvgIpc) is 2.91. The van der Waals surface area contributed by atoms with Gasteiger partial charge in [-0.25, -0.2) is 9.78 Å². The summed E-state index contributed by atoms with van der Waals surface area (Å²) in [7, 11) is 1.80. The number of hydrogen-bond donors (Lipinski definition) is 2. The standard InChI is InChI=1S/C15H21N5O/c1-3-7-13(12-8-5-4-6-9-12)19-15(21)16-10-14-17-11-18-20(14)2/h4-6,8-9,11,13H,3,7,10H2,1-2H3,(H2,16,19,21)/t13-/m1/s1. The maximum Gasteiger partial charge on any atom is 0.315 e. The number of carbonyl (C=O) groups excluding carboxylic acids is 1. The Morgan fingerprint density at radius 2 is 2.10 bits per heavy atom. The summed E-state index contributed by atoms with van der Waals surface area (Å²) in [6.45, 7) is 2.46. The van der Waals surface area contributed by atoms with E-state index in [0.717, 1.165) is 24.2 Å². The second-order valence-electron chi connectivity index (χ2n) is 4.88. The average molecular weight is 287 g/mol. The largest absolute Gasteiger partial charge is 0.331 e. The molecule has 1 aromatic heterocycles. The number of nitrogens with zero attached hydrogens (tertiary/aromatic N) is 3. The first-order valence-electron chi connectivity index (χ1n) is 7.13. The Labute approximate surface area is 124 Å². The van der Waals surface area contributed by atoms with Gasteiger partial charge < -0.3 is 10.6 Å². The van der Waals surface area contributed by atoms with E-state index < -0.39 is 0 Å². The number of nitrogens with one attached hydrogen (secondary N) is 2. The predicted octanol–water partition coefficient (Wildman–Crippen LogP) is 2.16. The number of urea groups is 1. The van der Waals surface area contributed by atoms with Crippen molar-refractivity contribution in [3.8, 4) is 0 Å². The normalized spacial score (nSPS) is 11.9. The molecule has 1 aromatic carbocycles. The van der Waals surface area contributed by atoms with Crippen LogP contribution >= 0.6 is 0 Å². The van der Waals surface area contributed by atoms with Gasteiger partial charge in [0.2, 0.25) is 0 Å². The second-order valence-corrected chi connectivity index (χ2v) is 4.88. The van der Waals surface area contributed by atoms with E-state index in [9.17, 15) is 4.79 Å². The zero-order chi connectivity index (χ0) is 15.1. The summed E-state index contributed by atoms with van der Waals surface area (Å²) in [6.07, 6.45) is 3.38. The fourth-order valence-electron chi connectivity index (χ4n) is 2.14. The molecular formula is C15H21N5O. The van der Waals surface area contributed by atoms with Gasteiger partial charge >= 0.3 is 6.03 Å². The van der Waals surface area contributed by atoms with Crippen molar-refractivity contribution in [1.29, 1.82) is 0 Å². The monoisotopic (exact) mass is 287 g/mol. The highest BCUT2D eigenvalue weighted by Crippen LogP contribution is 2.17. The third kappa shape index (κ3) is 4.30. The summed E-state index contributed by atoms with van der Waals surface area (Å²) in [5.74, 6) is 0.719. The lowest BCUT2D eigenvalue weighted by atomic mass is 10.0. The molecule has 1 heterocycles. The first kappa shape index (κ1) is 15.0. The summed E-state index contributed by atoms with van der Waals surface area (Å²) in [5.41, 5.74) is 1.12. The molecule has 0 aliphatic heterocycles. The lowest BCUT2D eigenvalue weighted by Gasteiger charge is -2.19.